The first-order chi connectivity index (χ1) is 13.4. The minimum atomic E-state index is 0.0931. The monoisotopic (exact) mass is 400 g/mol. The number of rotatable bonds is 4. The van der Waals surface area contributed by atoms with E-state index in [-0.39, 0.29) is 18.4 Å². The average Bonchev–Trinajstić information content (AvgIpc) is 3.39. The molecule has 1 fully saturated rings. The zero-order valence-corrected chi connectivity index (χ0v) is 17.4. The van der Waals surface area contributed by atoms with Gasteiger partial charge in [0.25, 0.3) is 0 Å². The molecule has 1 unspecified atom stereocenters. The Morgan fingerprint density at radius 1 is 1.32 bits per heavy atom. The van der Waals surface area contributed by atoms with Crippen molar-refractivity contribution in [2.24, 2.45) is 0 Å². The molecular formula is C19H24N6O2S. The van der Waals surface area contributed by atoms with Crippen LogP contribution in [-0.4, -0.2) is 48.4 Å². The van der Waals surface area contributed by atoms with E-state index in [1.807, 2.05) is 43.3 Å². The largest absolute Gasteiger partial charge is 0.355 e. The Labute approximate surface area is 167 Å². The quantitative estimate of drug-likeness (QED) is 0.669. The summed E-state index contributed by atoms with van der Waals surface area (Å²) in [5.41, 5.74) is 4.90. The first-order valence-corrected chi connectivity index (χ1v) is 10.3. The number of nitrogens with zero attached hydrogens (tertiary/aromatic N) is 6. The zero-order chi connectivity index (χ0) is 19.8. The third kappa shape index (κ3) is 3.46. The predicted molar refractivity (Wildman–Crippen MR) is 105 cm³/mol. The molecule has 9 heteroatoms. The minimum absolute atomic E-state index is 0.0931. The molecule has 148 valence electrons. The van der Waals surface area contributed by atoms with E-state index in [9.17, 15) is 4.79 Å². The molecule has 1 aliphatic rings. The van der Waals surface area contributed by atoms with Crippen LogP contribution >= 0.6 is 11.5 Å². The Hall–Kier alpha value is -2.55. The first-order valence-electron chi connectivity index (χ1n) is 9.48. The summed E-state index contributed by atoms with van der Waals surface area (Å²) in [5.74, 6) is 0.943. The van der Waals surface area contributed by atoms with Gasteiger partial charge in [-0.25, -0.2) is 0 Å². The third-order valence-corrected chi connectivity index (χ3v) is 6.31. The number of piperidine rings is 1. The Morgan fingerprint density at radius 2 is 2.14 bits per heavy atom. The standard InChI is InChI=1S/C19H24N6O2S/c1-11-8-16(27-22-11)19-18(20-23-28-19)15-6-5-7-24(9-15)17(26)10-25-14(4)12(2)13(3)21-25/h8,15H,5-7,9-10H2,1-4H3. The van der Waals surface area contributed by atoms with Gasteiger partial charge in [-0.1, -0.05) is 9.64 Å². The lowest BCUT2D eigenvalue weighted by Crippen LogP contribution is -2.41. The second-order valence-corrected chi connectivity index (χ2v) is 8.21. The maximum atomic E-state index is 12.9. The van der Waals surface area contributed by atoms with Crippen molar-refractivity contribution in [3.8, 4) is 10.6 Å². The van der Waals surface area contributed by atoms with Crippen LogP contribution in [0.25, 0.3) is 10.6 Å². The number of hydrogen-bond donors (Lipinski definition) is 0. The highest BCUT2D eigenvalue weighted by atomic mass is 32.1. The van der Waals surface area contributed by atoms with Crippen LogP contribution in [0, 0.1) is 27.7 Å². The van der Waals surface area contributed by atoms with Crippen LogP contribution in [-0.2, 0) is 11.3 Å². The van der Waals surface area contributed by atoms with E-state index in [0.29, 0.717) is 12.3 Å². The van der Waals surface area contributed by atoms with E-state index < -0.39 is 0 Å². The highest BCUT2D eigenvalue weighted by molar-refractivity contribution is 7.09. The van der Waals surface area contributed by atoms with Gasteiger partial charge in [-0.15, -0.1) is 5.10 Å². The van der Waals surface area contributed by atoms with Crippen molar-refractivity contribution in [3.63, 3.8) is 0 Å². The number of amides is 1. The minimum Gasteiger partial charge on any atom is -0.355 e. The maximum absolute atomic E-state index is 12.9. The van der Waals surface area contributed by atoms with E-state index in [2.05, 4.69) is 19.8 Å². The van der Waals surface area contributed by atoms with E-state index in [4.69, 9.17) is 4.52 Å². The summed E-state index contributed by atoms with van der Waals surface area (Å²) in [6.07, 6.45) is 1.92. The Kier molecular flexibility index (Phi) is 5.01. The lowest BCUT2D eigenvalue weighted by atomic mass is 9.93. The van der Waals surface area contributed by atoms with Crippen LogP contribution in [0.5, 0.6) is 0 Å². The Bertz CT molecular complexity index is 1000. The van der Waals surface area contributed by atoms with Crippen molar-refractivity contribution in [3.05, 3.63) is 34.4 Å². The van der Waals surface area contributed by atoms with Gasteiger partial charge in [0, 0.05) is 30.8 Å². The highest BCUT2D eigenvalue weighted by Gasteiger charge is 2.30. The maximum Gasteiger partial charge on any atom is 0.244 e. The molecule has 1 saturated heterocycles. The molecule has 0 spiro atoms. The second-order valence-electron chi connectivity index (χ2n) is 7.45. The van der Waals surface area contributed by atoms with Crippen molar-refractivity contribution in [2.45, 2.75) is 53.0 Å². The lowest BCUT2D eigenvalue weighted by Gasteiger charge is -2.32. The van der Waals surface area contributed by atoms with E-state index >= 15 is 0 Å². The zero-order valence-electron chi connectivity index (χ0n) is 16.6. The van der Waals surface area contributed by atoms with E-state index in [1.54, 1.807) is 0 Å². The van der Waals surface area contributed by atoms with Crippen LogP contribution in [0.3, 0.4) is 0 Å². The smallest absolute Gasteiger partial charge is 0.244 e. The topological polar surface area (TPSA) is 89.9 Å². The molecule has 0 N–H and O–H groups in total. The summed E-state index contributed by atoms with van der Waals surface area (Å²) in [5, 5.41) is 12.8. The van der Waals surface area contributed by atoms with Crippen molar-refractivity contribution in [2.75, 3.05) is 13.1 Å². The fourth-order valence-electron chi connectivity index (χ4n) is 3.70. The van der Waals surface area contributed by atoms with Crippen molar-refractivity contribution in [1.29, 1.82) is 0 Å². The number of hydrogen-bond acceptors (Lipinski definition) is 7. The van der Waals surface area contributed by atoms with Gasteiger partial charge in [-0.05, 0) is 57.6 Å². The molecule has 8 nitrogen and oxygen atoms in total. The first kappa shape index (κ1) is 18.8. The van der Waals surface area contributed by atoms with Gasteiger partial charge in [0.05, 0.1) is 17.1 Å². The van der Waals surface area contributed by atoms with Crippen molar-refractivity contribution in [1.82, 2.24) is 29.4 Å². The van der Waals surface area contributed by atoms with Gasteiger partial charge >= 0.3 is 0 Å². The second kappa shape index (κ2) is 7.46. The van der Waals surface area contributed by atoms with Crippen LogP contribution in [0.15, 0.2) is 10.6 Å². The van der Waals surface area contributed by atoms with Gasteiger partial charge < -0.3 is 9.42 Å². The molecule has 3 aromatic heterocycles. The molecule has 3 aromatic rings. The summed E-state index contributed by atoms with van der Waals surface area (Å²) in [7, 11) is 0. The lowest BCUT2D eigenvalue weighted by molar-refractivity contribution is -0.133. The normalized spacial score (nSPS) is 17.3. The predicted octanol–water partition coefficient (Wildman–Crippen LogP) is 3.03. The summed E-state index contributed by atoms with van der Waals surface area (Å²) in [6.45, 7) is 9.60. The number of likely N-dealkylation sites (tertiary alicyclic amines) is 1. The molecule has 1 aliphatic heterocycles. The average molecular weight is 401 g/mol. The van der Waals surface area contributed by atoms with Gasteiger partial charge in [-0.2, -0.15) is 5.10 Å². The molecule has 0 aromatic carbocycles. The van der Waals surface area contributed by atoms with Crippen LogP contribution in [0.2, 0.25) is 0 Å². The van der Waals surface area contributed by atoms with Gasteiger partial charge in [-0.3, -0.25) is 9.48 Å². The molecular weight excluding hydrogens is 376 g/mol. The number of aryl methyl sites for hydroxylation is 2. The van der Waals surface area contributed by atoms with Crippen LogP contribution in [0.1, 0.15) is 47.1 Å². The molecule has 0 saturated carbocycles. The molecule has 1 atom stereocenters. The highest BCUT2D eigenvalue weighted by Crippen LogP contribution is 2.35. The summed E-state index contributed by atoms with van der Waals surface area (Å²) < 4.78 is 11.3. The Balaban J connectivity index is 1.50. The fraction of sp³-hybridized carbons (Fsp3) is 0.526. The number of carbonyl (C=O) groups excluding carboxylic acids is 1. The van der Waals surface area contributed by atoms with Gasteiger partial charge in [0.15, 0.2) is 5.76 Å². The fourth-order valence-corrected chi connectivity index (χ4v) is 4.40. The Morgan fingerprint density at radius 3 is 2.82 bits per heavy atom. The molecule has 4 rings (SSSR count). The van der Waals surface area contributed by atoms with Gasteiger partial charge in [0.1, 0.15) is 11.4 Å². The molecule has 1 amide bonds. The van der Waals surface area contributed by atoms with Gasteiger partial charge in [0.2, 0.25) is 5.91 Å². The summed E-state index contributed by atoms with van der Waals surface area (Å²) in [4.78, 5) is 15.8. The van der Waals surface area contributed by atoms with Crippen LogP contribution < -0.4 is 0 Å². The number of carbonyl (C=O) groups is 1. The van der Waals surface area contributed by atoms with E-state index in [0.717, 1.165) is 52.6 Å². The number of aromatic nitrogens is 5. The summed E-state index contributed by atoms with van der Waals surface area (Å²) >= 11 is 1.32. The van der Waals surface area contributed by atoms with Crippen molar-refractivity contribution < 1.29 is 9.32 Å². The molecule has 0 bridgehead atoms. The molecule has 0 radical (unpaired) electrons. The summed E-state index contributed by atoms with van der Waals surface area (Å²) in [6, 6.07) is 1.90. The molecule has 28 heavy (non-hydrogen) atoms. The third-order valence-electron chi connectivity index (χ3n) is 5.55. The van der Waals surface area contributed by atoms with Crippen molar-refractivity contribution >= 4 is 17.4 Å². The SMILES string of the molecule is Cc1cc(-c2snnc2C2CCCN(C(=O)Cn3nc(C)c(C)c3C)C2)on1. The van der Waals surface area contributed by atoms with E-state index in [1.165, 1.54) is 11.5 Å². The molecule has 0 aliphatic carbocycles. The molecule has 4 heterocycles. The van der Waals surface area contributed by atoms with Crippen LogP contribution in [0.4, 0.5) is 0 Å².